The molecule has 9 nitrogen and oxygen atoms in total. The Morgan fingerprint density at radius 1 is 1.04 bits per heavy atom. The first kappa shape index (κ1) is 20.7. The summed E-state index contributed by atoms with van der Waals surface area (Å²) in [6, 6.07) is 6.57. The van der Waals surface area contributed by atoms with Crippen LogP contribution >= 0.6 is 0 Å². The maximum Gasteiger partial charge on any atom is 0.404 e. The predicted octanol–water partition coefficient (Wildman–Crippen LogP) is 0.767. The van der Waals surface area contributed by atoms with Crippen LogP contribution in [-0.2, 0) is 25.7 Å². The third-order valence-electron chi connectivity index (χ3n) is 3.06. The lowest BCUT2D eigenvalue weighted by molar-refractivity contribution is -0.123. The number of nitrogens with two attached hydrogens (primary N) is 1. The third kappa shape index (κ3) is 7.47. The zero-order chi connectivity index (χ0) is 19.7. The molecule has 9 heteroatoms. The van der Waals surface area contributed by atoms with Gasteiger partial charge in [0.1, 0.15) is 12.3 Å². The quantitative estimate of drug-likeness (QED) is 0.530. The van der Waals surface area contributed by atoms with E-state index in [1.165, 1.54) is 6.92 Å². The van der Waals surface area contributed by atoms with Crippen molar-refractivity contribution in [2.24, 2.45) is 5.73 Å². The fourth-order valence-electron chi connectivity index (χ4n) is 1.88. The Bertz CT molecular complexity index is 721. The Hall–Kier alpha value is -3.36. The summed E-state index contributed by atoms with van der Waals surface area (Å²) in [7, 11) is 0. The van der Waals surface area contributed by atoms with Crippen LogP contribution in [0.1, 0.15) is 26.3 Å². The molecule has 0 atom stereocenters. The smallest absolute Gasteiger partial charge is 0.404 e. The second kappa shape index (κ2) is 9.82. The summed E-state index contributed by atoms with van der Waals surface area (Å²) < 4.78 is 4.65. The molecule has 0 unspecified atom stereocenters. The minimum atomic E-state index is -0.867. The van der Waals surface area contributed by atoms with Gasteiger partial charge in [0.25, 0.3) is 5.91 Å². The Morgan fingerprint density at radius 2 is 1.65 bits per heavy atom. The molecule has 0 spiro atoms. The number of rotatable bonds is 7. The fraction of sp³-hybridized carbons (Fsp3) is 0.294. The van der Waals surface area contributed by atoms with Crippen LogP contribution in [-0.4, -0.2) is 30.4 Å². The standard InChI is InChI=1S/C17H22N4O5/c1-10(2)15(20-11(3)22)16(24)19-8-14(23)21-13-6-4-12(5-7-13)9-26-17(18)25/h4-7H,8-9H2,1-3H3,(H2,18,25)(H,19,24)(H,20,22)(H,21,23). The highest BCUT2D eigenvalue weighted by Crippen LogP contribution is 2.10. The number of ether oxygens (including phenoxy) is 1. The maximum atomic E-state index is 12.0. The first-order valence-corrected chi connectivity index (χ1v) is 7.73. The summed E-state index contributed by atoms with van der Waals surface area (Å²) in [5.74, 6) is -1.36. The van der Waals surface area contributed by atoms with Crippen LogP contribution in [0.25, 0.3) is 0 Å². The van der Waals surface area contributed by atoms with Crippen molar-refractivity contribution >= 4 is 29.5 Å². The minimum absolute atomic E-state index is 0.0360. The van der Waals surface area contributed by atoms with E-state index in [2.05, 4.69) is 20.7 Å². The van der Waals surface area contributed by atoms with E-state index in [-0.39, 0.29) is 24.8 Å². The van der Waals surface area contributed by atoms with Crippen molar-refractivity contribution in [2.75, 3.05) is 11.9 Å². The van der Waals surface area contributed by atoms with Crippen molar-refractivity contribution in [2.45, 2.75) is 27.4 Å². The van der Waals surface area contributed by atoms with E-state index < -0.39 is 17.9 Å². The van der Waals surface area contributed by atoms with Gasteiger partial charge in [-0.2, -0.15) is 0 Å². The number of anilines is 1. The van der Waals surface area contributed by atoms with Crippen LogP contribution in [0.15, 0.2) is 35.5 Å². The van der Waals surface area contributed by atoms with Gasteiger partial charge in [0.2, 0.25) is 11.8 Å². The molecule has 0 saturated carbocycles. The lowest BCUT2D eigenvalue weighted by atomic mass is 10.2. The van der Waals surface area contributed by atoms with Gasteiger partial charge < -0.3 is 26.4 Å². The summed E-state index contributed by atoms with van der Waals surface area (Å²) in [5, 5.41) is 7.48. The van der Waals surface area contributed by atoms with Gasteiger partial charge in [-0.1, -0.05) is 12.1 Å². The van der Waals surface area contributed by atoms with Gasteiger partial charge in [-0.15, -0.1) is 0 Å². The van der Waals surface area contributed by atoms with Gasteiger partial charge in [0.05, 0.1) is 6.54 Å². The molecule has 26 heavy (non-hydrogen) atoms. The number of amides is 4. The first-order valence-electron chi connectivity index (χ1n) is 7.73. The molecule has 1 aromatic rings. The molecule has 4 amide bonds. The van der Waals surface area contributed by atoms with Crippen molar-refractivity contribution in [3.63, 3.8) is 0 Å². The van der Waals surface area contributed by atoms with Crippen molar-refractivity contribution in [1.82, 2.24) is 10.6 Å². The summed E-state index contributed by atoms with van der Waals surface area (Å²) >= 11 is 0. The van der Waals surface area contributed by atoms with Crippen LogP contribution in [0, 0.1) is 0 Å². The summed E-state index contributed by atoms with van der Waals surface area (Å²) in [6.07, 6.45) is -0.867. The molecule has 1 aromatic carbocycles. The Balaban J connectivity index is 2.53. The topological polar surface area (TPSA) is 140 Å². The number of benzene rings is 1. The van der Waals surface area contributed by atoms with Gasteiger partial charge in [0.15, 0.2) is 0 Å². The number of carbonyl (C=O) groups excluding carboxylic acids is 4. The Kier molecular flexibility index (Phi) is 7.81. The average molecular weight is 362 g/mol. The van der Waals surface area contributed by atoms with Crippen molar-refractivity contribution in [1.29, 1.82) is 0 Å². The Morgan fingerprint density at radius 3 is 2.15 bits per heavy atom. The third-order valence-corrected chi connectivity index (χ3v) is 3.06. The van der Waals surface area contributed by atoms with E-state index >= 15 is 0 Å². The van der Waals surface area contributed by atoms with E-state index in [0.29, 0.717) is 16.8 Å². The van der Waals surface area contributed by atoms with E-state index in [1.54, 1.807) is 38.1 Å². The Labute approximate surface area is 151 Å². The molecular formula is C17H22N4O5. The molecular weight excluding hydrogens is 340 g/mol. The van der Waals surface area contributed by atoms with Crippen LogP contribution in [0.5, 0.6) is 0 Å². The summed E-state index contributed by atoms with van der Waals surface area (Å²) in [5.41, 5.74) is 6.83. The van der Waals surface area contributed by atoms with Crippen molar-refractivity contribution in [3.8, 4) is 0 Å². The largest absolute Gasteiger partial charge is 0.445 e. The second-order valence-electron chi connectivity index (χ2n) is 5.59. The maximum absolute atomic E-state index is 12.0. The zero-order valence-corrected chi connectivity index (χ0v) is 14.8. The molecule has 0 radical (unpaired) electrons. The lowest BCUT2D eigenvalue weighted by Gasteiger charge is -2.11. The van der Waals surface area contributed by atoms with E-state index in [1.807, 2.05) is 0 Å². The van der Waals surface area contributed by atoms with Gasteiger partial charge in [-0.25, -0.2) is 4.79 Å². The van der Waals surface area contributed by atoms with Crippen molar-refractivity contribution in [3.05, 3.63) is 41.1 Å². The molecule has 0 aliphatic heterocycles. The zero-order valence-electron chi connectivity index (χ0n) is 14.8. The molecule has 1 rings (SSSR count). The first-order chi connectivity index (χ1) is 12.2. The van der Waals surface area contributed by atoms with Crippen LogP contribution in [0.4, 0.5) is 10.5 Å². The van der Waals surface area contributed by atoms with E-state index in [4.69, 9.17) is 5.73 Å². The average Bonchev–Trinajstić information content (AvgIpc) is 2.56. The highest BCUT2D eigenvalue weighted by atomic mass is 16.5. The SMILES string of the molecule is CC(=O)NC(C(=O)NCC(=O)Nc1ccc(COC(N)=O)cc1)=C(C)C. The fourth-order valence-corrected chi connectivity index (χ4v) is 1.88. The molecule has 0 aliphatic carbocycles. The molecule has 0 saturated heterocycles. The van der Waals surface area contributed by atoms with Gasteiger partial charge in [-0.3, -0.25) is 14.4 Å². The van der Waals surface area contributed by atoms with Gasteiger partial charge in [-0.05, 0) is 37.1 Å². The molecule has 5 N–H and O–H groups in total. The molecule has 0 fully saturated rings. The number of hydrogen-bond acceptors (Lipinski definition) is 5. The summed E-state index contributed by atoms with van der Waals surface area (Å²) in [4.78, 5) is 45.6. The number of allylic oxidation sites excluding steroid dienone is 1. The van der Waals surface area contributed by atoms with Crippen LogP contribution < -0.4 is 21.7 Å². The number of carbonyl (C=O) groups is 4. The minimum Gasteiger partial charge on any atom is -0.445 e. The lowest BCUT2D eigenvalue weighted by Crippen LogP contribution is -2.38. The van der Waals surface area contributed by atoms with Crippen LogP contribution in [0.2, 0.25) is 0 Å². The molecule has 0 heterocycles. The van der Waals surface area contributed by atoms with Gasteiger partial charge in [0, 0.05) is 12.6 Å². The van der Waals surface area contributed by atoms with Crippen molar-refractivity contribution < 1.29 is 23.9 Å². The summed E-state index contributed by atoms with van der Waals surface area (Å²) in [6.45, 7) is 4.42. The molecule has 0 bridgehead atoms. The molecule has 0 aliphatic rings. The monoisotopic (exact) mass is 362 g/mol. The number of hydrogen-bond donors (Lipinski definition) is 4. The highest BCUT2D eigenvalue weighted by molar-refractivity contribution is 6.01. The number of nitrogens with one attached hydrogen (secondary N) is 3. The van der Waals surface area contributed by atoms with Gasteiger partial charge >= 0.3 is 6.09 Å². The highest BCUT2D eigenvalue weighted by Gasteiger charge is 2.13. The van der Waals surface area contributed by atoms with E-state index in [0.717, 1.165) is 0 Å². The molecule has 140 valence electrons. The normalized spacial score (nSPS) is 9.65. The second-order valence-corrected chi connectivity index (χ2v) is 5.59. The predicted molar refractivity (Wildman–Crippen MR) is 94.6 cm³/mol. The number of primary amides is 1. The van der Waals surface area contributed by atoms with E-state index in [9.17, 15) is 19.2 Å². The van der Waals surface area contributed by atoms with Crippen LogP contribution in [0.3, 0.4) is 0 Å². The molecule has 0 aromatic heterocycles.